The van der Waals surface area contributed by atoms with Gasteiger partial charge in [0.15, 0.2) is 6.61 Å². The summed E-state index contributed by atoms with van der Waals surface area (Å²) in [5, 5.41) is 6.34. The molecule has 0 aliphatic carbocycles. The molecule has 124 valence electrons. The fourth-order valence-electron chi connectivity index (χ4n) is 2.72. The van der Waals surface area contributed by atoms with Gasteiger partial charge in [0.05, 0.1) is 0 Å². The van der Waals surface area contributed by atoms with Crippen LogP contribution in [0.25, 0.3) is 0 Å². The first-order valence-corrected chi connectivity index (χ1v) is 7.97. The van der Waals surface area contributed by atoms with Crippen molar-refractivity contribution >= 4 is 18.3 Å². The molecule has 1 heterocycles. The third kappa shape index (κ3) is 6.24. The Morgan fingerprint density at radius 3 is 2.95 bits per heavy atom. The molecule has 2 rings (SSSR count). The summed E-state index contributed by atoms with van der Waals surface area (Å²) in [6, 6.07) is 7.87. The zero-order valence-electron chi connectivity index (χ0n) is 13.3. The van der Waals surface area contributed by atoms with Crippen molar-refractivity contribution < 1.29 is 9.53 Å². The van der Waals surface area contributed by atoms with E-state index in [9.17, 15) is 4.79 Å². The van der Waals surface area contributed by atoms with E-state index in [0.29, 0.717) is 5.92 Å². The minimum atomic E-state index is -0.0373. The van der Waals surface area contributed by atoms with Crippen LogP contribution < -0.4 is 15.4 Å². The lowest BCUT2D eigenvalue weighted by atomic mass is 9.96. The number of nitrogens with one attached hydrogen (secondary N) is 2. The molecule has 0 spiro atoms. The Balaban J connectivity index is 0.00000242. The lowest BCUT2D eigenvalue weighted by Crippen LogP contribution is -2.34. The second-order valence-corrected chi connectivity index (χ2v) is 5.60. The highest BCUT2D eigenvalue weighted by molar-refractivity contribution is 5.85. The molecule has 0 saturated carbocycles. The van der Waals surface area contributed by atoms with E-state index in [0.717, 1.165) is 43.8 Å². The predicted molar refractivity (Wildman–Crippen MR) is 91.8 cm³/mol. The number of hydrogen-bond acceptors (Lipinski definition) is 3. The van der Waals surface area contributed by atoms with Crippen LogP contribution in [-0.2, 0) is 11.2 Å². The molecular formula is C17H27ClN2O2. The quantitative estimate of drug-likeness (QED) is 0.809. The molecule has 5 heteroatoms. The first kappa shape index (κ1) is 18.8. The molecule has 1 saturated heterocycles. The lowest BCUT2D eigenvalue weighted by Gasteiger charge is -2.22. The number of benzene rings is 1. The van der Waals surface area contributed by atoms with Crippen molar-refractivity contribution in [2.75, 3.05) is 26.2 Å². The van der Waals surface area contributed by atoms with Gasteiger partial charge in [-0.05, 0) is 56.3 Å². The summed E-state index contributed by atoms with van der Waals surface area (Å²) in [6.45, 7) is 5.13. The lowest BCUT2D eigenvalue weighted by molar-refractivity contribution is -0.123. The summed E-state index contributed by atoms with van der Waals surface area (Å²) in [5.74, 6) is 1.47. The van der Waals surface area contributed by atoms with Gasteiger partial charge in [0, 0.05) is 6.54 Å². The molecule has 1 aromatic rings. The molecule has 22 heavy (non-hydrogen) atoms. The van der Waals surface area contributed by atoms with Gasteiger partial charge < -0.3 is 15.4 Å². The summed E-state index contributed by atoms with van der Waals surface area (Å²) in [5.41, 5.74) is 1.14. The number of carbonyl (C=O) groups is 1. The highest BCUT2D eigenvalue weighted by Gasteiger charge is 2.13. The van der Waals surface area contributed by atoms with Crippen molar-refractivity contribution in [2.24, 2.45) is 5.92 Å². The first-order valence-electron chi connectivity index (χ1n) is 7.97. The van der Waals surface area contributed by atoms with E-state index in [1.165, 1.54) is 12.8 Å². The molecule has 0 radical (unpaired) electrons. The number of hydrogen-bond donors (Lipinski definition) is 2. The highest BCUT2D eigenvalue weighted by Crippen LogP contribution is 2.18. The maximum Gasteiger partial charge on any atom is 0.257 e. The molecule has 1 fully saturated rings. The van der Waals surface area contributed by atoms with Crippen LogP contribution in [0.4, 0.5) is 0 Å². The summed E-state index contributed by atoms with van der Waals surface area (Å²) >= 11 is 0. The standard InChI is InChI=1S/C17H26N2O2.ClH/c1-2-15-7-3-4-8-16(15)21-13-17(20)19-11-9-14-6-5-10-18-12-14;/h3-4,7-8,14,18H,2,5-6,9-13H2,1H3,(H,19,20);1H. The normalized spacial score (nSPS) is 17.4. The van der Waals surface area contributed by atoms with Gasteiger partial charge in [-0.3, -0.25) is 4.79 Å². The first-order chi connectivity index (χ1) is 10.3. The maximum atomic E-state index is 11.8. The molecule has 4 nitrogen and oxygen atoms in total. The summed E-state index contributed by atoms with van der Waals surface area (Å²) < 4.78 is 5.61. The Labute approximate surface area is 139 Å². The molecule has 1 atom stereocenters. The molecule has 1 amide bonds. The van der Waals surface area contributed by atoms with Gasteiger partial charge in [-0.2, -0.15) is 0 Å². The van der Waals surface area contributed by atoms with Crippen LogP contribution >= 0.6 is 12.4 Å². The molecular weight excluding hydrogens is 300 g/mol. The van der Waals surface area contributed by atoms with E-state index in [2.05, 4.69) is 17.6 Å². The van der Waals surface area contributed by atoms with E-state index in [4.69, 9.17) is 4.74 Å². The topological polar surface area (TPSA) is 50.4 Å². The molecule has 1 aromatic carbocycles. The van der Waals surface area contributed by atoms with Gasteiger partial charge in [-0.15, -0.1) is 12.4 Å². The van der Waals surface area contributed by atoms with Gasteiger partial charge >= 0.3 is 0 Å². The Morgan fingerprint density at radius 2 is 2.23 bits per heavy atom. The molecule has 1 aliphatic heterocycles. The monoisotopic (exact) mass is 326 g/mol. The third-order valence-corrected chi connectivity index (χ3v) is 3.99. The van der Waals surface area contributed by atoms with Crippen molar-refractivity contribution in [3.63, 3.8) is 0 Å². The minimum absolute atomic E-state index is 0. The molecule has 1 unspecified atom stereocenters. The van der Waals surface area contributed by atoms with Crippen molar-refractivity contribution in [1.82, 2.24) is 10.6 Å². The molecule has 0 bridgehead atoms. The van der Waals surface area contributed by atoms with Crippen molar-refractivity contribution in [1.29, 1.82) is 0 Å². The predicted octanol–water partition coefficient (Wildman–Crippen LogP) is 2.56. The second kappa shape index (κ2) is 10.5. The number of ether oxygens (including phenoxy) is 1. The zero-order chi connectivity index (χ0) is 14.9. The third-order valence-electron chi connectivity index (χ3n) is 3.99. The smallest absolute Gasteiger partial charge is 0.257 e. The van der Waals surface area contributed by atoms with Crippen molar-refractivity contribution in [2.45, 2.75) is 32.6 Å². The van der Waals surface area contributed by atoms with Gasteiger partial charge in [0.1, 0.15) is 5.75 Å². The van der Waals surface area contributed by atoms with Gasteiger partial charge in [-0.1, -0.05) is 25.1 Å². The Morgan fingerprint density at radius 1 is 1.41 bits per heavy atom. The van der Waals surface area contributed by atoms with E-state index in [-0.39, 0.29) is 24.9 Å². The van der Waals surface area contributed by atoms with Crippen LogP contribution in [0.5, 0.6) is 5.75 Å². The second-order valence-electron chi connectivity index (χ2n) is 5.60. The molecule has 2 N–H and O–H groups in total. The number of piperidine rings is 1. The highest BCUT2D eigenvalue weighted by atomic mass is 35.5. The Bertz CT molecular complexity index is 448. The summed E-state index contributed by atoms with van der Waals surface area (Å²) in [6.07, 6.45) is 4.47. The van der Waals surface area contributed by atoms with Crippen molar-refractivity contribution in [3.05, 3.63) is 29.8 Å². The van der Waals surface area contributed by atoms with Crippen LogP contribution in [-0.4, -0.2) is 32.1 Å². The van der Waals surface area contributed by atoms with Crippen LogP contribution in [0.1, 0.15) is 31.7 Å². The van der Waals surface area contributed by atoms with E-state index < -0.39 is 0 Å². The number of carbonyl (C=O) groups excluding carboxylic acids is 1. The summed E-state index contributed by atoms with van der Waals surface area (Å²) in [4.78, 5) is 11.8. The zero-order valence-corrected chi connectivity index (χ0v) is 14.1. The number of para-hydroxylation sites is 1. The van der Waals surface area contributed by atoms with E-state index in [1.54, 1.807) is 0 Å². The SMILES string of the molecule is CCc1ccccc1OCC(=O)NCCC1CCCNC1.Cl. The van der Waals surface area contributed by atoms with Crippen LogP contribution in [0.15, 0.2) is 24.3 Å². The van der Waals surface area contributed by atoms with Crippen molar-refractivity contribution in [3.8, 4) is 5.75 Å². The molecule has 0 aromatic heterocycles. The number of halogens is 1. The van der Waals surface area contributed by atoms with Gasteiger partial charge in [0.25, 0.3) is 5.91 Å². The summed E-state index contributed by atoms with van der Waals surface area (Å²) in [7, 11) is 0. The average Bonchev–Trinajstić information content (AvgIpc) is 2.54. The maximum absolute atomic E-state index is 11.8. The van der Waals surface area contributed by atoms with Gasteiger partial charge in [0.2, 0.25) is 0 Å². The minimum Gasteiger partial charge on any atom is -0.483 e. The fraction of sp³-hybridized carbons (Fsp3) is 0.588. The van der Waals surface area contributed by atoms with Gasteiger partial charge in [-0.25, -0.2) is 0 Å². The molecule has 1 aliphatic rings. The van der Waals surface area contributed by atoms with E-state index >= 15 is 0 Å². The Kier molecular flexibility index (Phi) is 8.94. The fourth-order valence-corrected chi connectivity index (χ4v) is 2.72. The number of rotatable bonds is 7. The van der Waals surface area contributed by atoms with Crippen LogP contribution in [0.3, 0.4) is 0 Å². The number of aryl methyl sites for hydroxylation is 1. The Hall–Kier alpha value is -1.26. The van der Waals surface area contributed by atoms with Crippen LogP contribution in [0.2, 0.25) is 0 Å². The van der Waals surface area contributed by atoms with E-state index in [1.807, 2.05) is 24.3 Å². The largest absolute Gasteiger partial charge is 0.483 e. The van der Waals surface area contributed by atoms with Crippen LogP contribution in [0, 0.1) is 5.92 Å². The number of amides is 1. The average molecular weight is 327 g/mol.